The van der Waals surface area contributed by atoms with Gasteiger partial charge in [-0.15, -0.1) is 0 Å². The van der Waals surface area contributed by atoms with E-state index in [1.54, 1.807) is 0 Å². The lowest BCUT2D eigenvalue weighted by Gasteiger charge is -2.16. The minimum absolute atomic E-state index is 0.640. The van der Waals surface area contributed by atoms with Crippen LogP contribution in [-0.4, -0.2) is 23.1 Å². The SMILES string of the molecule is CC(C)NC1CSC(C(C)C)C1. The van der Waals surface area contributed by atoms with Crippen molar-refractivity contribution >= 4 is 11.8 Å². The third-order valence-electron chi connectivity index (χ3n) is 2.34. The van der Waals surface area contributed by atoms with Gasteiger partial charge < -0.3 is 5.32 Å². The molecule has 0 radical (unpaired) electrons. The second-order valence-electron chi connectivity index (χ2n) is 4.37. The molecule has 0 saturated carbocycles. The molecule has 1 N–H and O–H groups in total. The molecule has 2 atom stereocenters. The Morgan fingerprint density at radius 3 is 2.33 bits per heavy atom. The second kappa shape index (κ2) is 4.52. The van der Waals surface area contributed by atoms with E-state index in [0.29, 0.717) is 6.04 Å². The average Bonchev–Trinajstić information content (AvgIpc) is 2.34. The van der Waals surface area contributed by atoms with Crippen LogP contribution >= 0.6 is 11.8 Å². The topological polar surface area (TPSA) is 12.0 Å². The summed E-state index contributed by atoms with van der Waals surface area (Å²) in [6, 6.07) is 1.41. The summed E-state index contributed by atoms with van der Waals surface area (Å²) in [6.45, 7) is 9.12. The standard InChI is InChI=1S/C10H21NS/c1-7(2)10-5-9(6-12-10)11-8(3)4/h7-11H,5-6H2,1-4H3. The van der Waals surface area contributed by atoms with Crippen molar-refractivity contribution < 1.29 is 0 Å². The summed E-state index contributed by atoms with van der Waals surface area (Å²) in [4.78, 5) is 0. The largest absolute Gasteiger partial charge is 0.311 e. The quantitative estimate of drug-likeness (QED) is 0.728. The van der Waals surface area contributed by atoms with Gasteiger partial charge in [0.1, 0.15) is 0 Å². The fraction of sp³-hybridized carbons (Fsp3) is 1.00. The molecule has 12 heavy (non-hydrogen) atoms. The Bertz CT molecular complexity index is 134. The molecule has 72 valence electrons. The zero-order valence-corrected chi connectivity index (χ0v) is 9.45. The molecule has 1 rings (SSSR count). The molecule has 0 aliphatic carbocycles. The third kappa shape index (κ3) is 2.98. The molecule has 1 heterocycles. The molecule has 2 heteroatoms. The first-order valence-corrected chi connectivity index (χ1v) is 6.02. The lowest BCUT2D eigenvalue weighted by Crippen LogP contribution is -2.35. The van der Waals surface area contributed by atoms with E-state index in [4.69, 9.17) is 0 Å². The van der Waals surface area contributed by atoms with Crippen LogP contribution in [0.5, 0.6) is 0 Å². The highest BCUT2D eigenvalue weighted by Gasteiger charge is 2.27. The fourth-order valence-electron chi connectivity index (χ4n) is 1.71. The number of thioether (sulfide) groups is 1. The van der Waals surface area contributed by atoms with Gasteiger partial charge in [0.25, 0.3) is 0 Å². The predicted molar refractivity (Wildman–Crippen MR) is 57.8 cm³/mol. The summed E-state index contributed by atoms with van der Waals surface area (Å²) >= 11 is 2.14. The van der Waals surface area contributed by atoms with Crippen LogP contribution in [-0.2, 0) is 0 Å². The predicted octanol–water partition coefficient (Wildman–Crippen LogP) is 2.51. The maximum absolute atomic E-state index is 3.61. The van der Waals surface area contributed by atoms with Crippen LogP contribution in [0.4, 0.5) is 0 Å². The lowest BCUT2D eigenvalue weighted by atomic mass is 10.0. The molecule has 0 aromatic heterocycles. The van der Waals surface area contributed by atoms with Gasteiger partial charge in [-0.3, -0.25) is 0 Å². The van der Waals surface area contributed by atoms with Crippen LogP contribution in [0.15, 0.2) is 0 Å². The number of hydrogen-bond donors (Lipinski definition) is 1. The average molecular weight is 187 g/mol. The number of nitrogens with one attached hydrogen (secondary N) is 1. The van der Waals surface area contributed by atoms with Gasteiger partial charge in [0.2, 0.25) is 0 Å². The molecular formula is C10H21NS. The van der Waals surface area contributed by atoms with Crippen LogP contribution in [0.1, 0.15) is 34.1 Å². The molecule has 0 amide bonds. The molecule has 1 aliphatic heterocycles. The van der Waals surface area contributed by atoms with E-state index in [0.717, 1.165) is 17.2 Å². The van der Waals surface area contributed by atoms with E-state index >= 15 is 0 Å². The molecule has 1 aliphatic rings. The first kappa shape index (κ1) is 10.4. The molecule has 1 nitrogen and oxygen atoms in total. The lowest BCUT2D eigenvalue weighted by molar-refractivity contribution is 0.454. The minimum Gasteiger partial charge on any atom is -0.311 e. The summed E-state index contributed by atoms with van der Waals surface area (Å²) in [5, 5.41) is 4.50. The minimum atomic E-state index is 0.640. The van der Waals surface area contributed by atoms with Crippen molar-refractivity contribution in [2.75, 3.05) is 5.75 Å². The van der Waals surface area contributed by atoms with Crippen molar-refractivity contribution in [3.63, 3.8) is 0 Å². The molecule has 0 bridgehead atoms. The summed E-state index contributed by atoms with van der Waals surface area (Å²) in [6.07, 6.45) is 1.36. The molecular weight excluding hydrogens is 166 g/mol. The van der Waals surface area contributed by atoms with Crippen LogP contribution in [0.25, 0.3) is 0 Å². The highest BCUT2D eigenvalue weighted by Crippen LogP contribution is 2.32. The van der Waals surface area contributed by atoms with Gasteiger partial charge in [-0.2, -0.15) is 11.8 Å². The van der Waals surface area contributed by atoms with E-state index in [1.165, 1.54) is 12.2 Å². The smallest absolute Gasteiger partial charge is 0.0171 e. The first-order chi connectivity index (χ1) is 5.59. The Morgan fingerprint density at radius 2 is 1.92 bits per heavy atom. The molecule has 1 fully saturated rings. The van der Waals surface area contributed by atoms with Crippen molar-refractivity contribution in [2.45, 2.75) is 51.4 Å². The second-order valence-corrected chi connectivity index (χ2v) is 5.64. The van der Waals surface area contributed by atoms with Gasteiger partial charge in [-0.05, 0) is 12.3 Å². The monoisotopic (exact) mass is 187 g/mol. The van der Waals surface area contributed by atoms with E-state index in [1.807, 2.05) is 0 Å². The fourth-order valence-corrected chi connectivity index (χ4v) is 3.17. The molecule has 0 aromatic rings. The van der Waals surface area contributed by atoms with E-state index in [-0.39, 0.29) is 0 Å². The Kier molecular flexibility index (Phi) is 3.91. The zero-order valence-electron chi connectivity index (χ0n) is 8.63. The summed E-state index contributed by atoms with van der Waals surface area (Å²) in [5.41, 5.74) is 0. The van der Waals surface area contributed by atoms with Crippen LogP contribution in [0.3, 0.4) is 0 Å². The van der Waals surface area contributed by atoms with Gasteiger partial charge in [-0.1, -0.05) is 27.7 Å². The van der Waals surface area contributed by atoms with E-state index in [9.17, 15) is 0 Å². The Morgan fingerprint density at radius 1 is 1.25 bits per heavy atom. The Hall–Kier alpha value is 0.310. The molecule has 2 unspecified atom stereocenters. The zero-order chi connectivity index (χ0) is 9.14. The van der Waals surface area contributed by atoms with Gasteiger partial charge in [0.05, 0.1) is 0 Å². The molecule has 0 aromatic carbocycles. The normalized spacial score (nSPS) is 30.5. The third-order valence-corrected chi connectivity index (χ3v) is 4.10. The Balaban J connectivity index is 2.26. The van der Waals surface area contributed by atoms with Crippen molar-refractivity contribution in [3.8, 4) is 0 Å². The van der Waals surface area contributed by atoms with Crippen molar-refractivity contribution in [1.29, 1.82) is 0 Å². The summed E-state index contributed by atoms with van der Waals surface area (Å²) in [7, 11) is 0. The van der Waals surface area contributed by atoms with E-state index in [2.05, 4.69) is 44.8 Å². The van der Waals surface area contributed by atoms with Crippen molar-refractivity contribution in [3.05, 3.63) is 0 Å². The summed E-state index contributed by atoms with van der Waals surface area (Å²) in [5.74, 6) is 2.15. The van der Waals surface area contributed by atoms with Crippen molar-refractivity contribution in [2.24, 2.45) is 5.92 Å². The van der Waals surface area contributed by atoms with Crippen LogP contribution in [0, 0.1) is 5.92 Å². The maximum Gasteiger partial charge on any atom is 0.0171 e. The van der Waals surface area contributed by atoms with Gasteiger partial charge in [0, 0.05) is 23.1 Å². The first-order valence-electron chi connectivity index (χ1n) is 4.97. The van der Waals surface area contributed by atoms with Gasteiger partial charge in [0.15, 0.2) is 0 Å². The van der Waals surface area contributed by atoms with Crippen LogP contribution < -0.4 is 5.32 Å². The summed E-state index contributed by atoms with van der Waals surface area (Å²) < 4.78 is 0. The van der Waals surface area contributed by atoms with Gasteiger partial charge in [-0.25, -0.2) is 0 Å². The Labute approximate surface area is 80.7 Å². The number of rotatable bonds is 3. The van der Waals surface area contributed by atoms with Crippen LogP contribution in [0.2, 0.25) is 0 Å². The highest BCUT2D eigenvalue weighted by molar-refractivity contribution is 8.00. The maximum atomic E-state index is 3.61. The highest BCUT2D eigenvalue weighted by atomic mass is 32.2. The molecule has 0 spiro atoms. The van der Waals surface area contributed by atoms with Gasteiger partial charge >= 0.3 is 0 Å². The number of hydrogen-bond acceptors (Lipinski definition) is 2. The van der Waals surface area contributed by atoms with Crippen molar-refractivity contribution in [1.82, 2.24) is 5.32 Å². The van der Waals surface area contributed by atoms with E-state index < -0.39 is 0 Å². The molecule has 1 saturated heterocycles.